The van der Waals surface area contributed by atoms with Crippen molar-refractivity contribution in [1.82, 2.24) is 5.32 Å². The minimum absolute atomic E-state index is 0.214. The van der Waals surface area contributed by atoms with Gasteiger partial charge >= 0.3 is 0 Å². The van der Waals surface area contributed by atoms with Crippen LogP contribution in [-0.2, 0) is 33.2 Å². The minimum Gasteiger partial charge on any atom is -0.394 e. The summed E-state index contributed by atoms with van der Waals surface area (Å²) in [6.07, 6.45) is 31.0. The highest BCUT2D eigenvalue weighted by Gasteiger charge is 2.53. The van der Waals surface area contributed by atoms with E-state index in [2.05, 4.69) is 116 Å². The number of aliphatic hydroxyl groups is 11. The third kappa shape index (κ3) is 28.1. The lowest BCUT2D eigenvalue weighted by Gasteiger charge is -2.48. The molecule has 82 heavy (non-hydrogen) atoms. The predicted octanol–water partition coefficient (Wildman–Crippen LogP) is 5.53. The molecule has 0 aliphatic carbocycles. The molecule has 0 aromatic rings. The van der Waals surface area contributed by atoms with E-state index in [1.807, 2.05) is 0 Å². The van der Waals surface area contributed by atoms with Gasteiger partial charge in [-0.2, -0.15) is 0 Å². The standard InChI is InChI=1S/C63H103NO18/c1-3-5-7-9-11-13-15-16-17-18-19-20-21-22-23-24-25-26-27-28-29-30-31-33-35-37-39-41-51(69)64-46(47(68)40-38-36-34-32-14-12-10-8-6-4-2)45-77-61-57(75)54(72)59(49(43-66)79-61)82-63-58(76)55(73)60(50(44-67)80-63)81-62-56(74)53(71)52(70)48(42-65)78-62/h5-8,11,13-14,16-17,19-20,22-23,25-26,32,38,40,46-50,52-63,65-68,70-76H,3-4,9-10,12,15,18,21,24,27-31,33-37,39,41-45H2,1-2H3,(H,64,69)/b7-5-,8-6+,13-11-,17-16-,20-19-,23-22-,26-25-,32-14+,40-38+. The maximum Gasteiger partial charge on any atom is 0.220 e. The minimum atomic E-state index is -1.99. The van der Waals surface area contributed by atoms with Crippen molar-refractivity contribution in [2.75, 3.05) is 26.4 Å². The lowest BCUT2D eigenvalue weighted by Crippen LogP contribution is -2.66. The number of rotatable bonds is 42. The summed E-state index contributed by atoms with van der Waals surface area (Å²) in [5, 5.41) is 120. The lowest BCUT2D eigenvalue weighted by atomic mass is 9.96. The van der Waals surface area contributed by atoms with Crippen LogP contribution < -0.4 is 5.32 Å². The van der Waals surface area contributed by atoms with Gasteiger partial charge in [-0.1, -0.05) is 162 Å². The van der Waals surface area contributed by atoms with Crippen molar-refractivity contribution in [2.45, 2.75) is 253 Å². The molecule has 3 fully saturated rings. The Hall–Kier alpha value is -3.55. The molecule has 3 aliphatic rings. The zero-order valence-corrected chi connectivity index (χ0v) is 48.7. The van der Waals surface area contributed by atoms with Crippen LogP contribution in [0.25, 0.3) is 0 Å². The molecule has 3 heterocycles. The smallest absolute Gasteiger partial charge is 0.220 e. The summed E-state index contributed by atoms with van der Waals surface area (Å²) in [5.74, 6) is -0.308. The van der Waals surface area contributed by atoms with Crippen molar-refractivity contribution in [3.63, 3.8) is 0 Å². The highest BCUT2D eigenvalue weighted by Crippen LogP contribution is 2.33. The van der Waals surface area contributed by atoms with Gasteiger partial charge in [0, 0.05) is 6.42 Å². The summed E-state index contributed by atoms with van der Waals surface area (Å²) in [4.78, 5) is 13.3. The Kier molecular flexibility index (Phi) is 39.8. The van der Waals surface area contributed by atoms with E-state index < -0.39 is 124 Å². The molecule has 0 aromatic heterocycles. The Bertz CT molecular complexity index is 1920. The Morgan fingerprint density at radius 1 is 0.439 bits per heavy atom. The van der Waals surface area contributed by atoms with Gasteiger partial charge in [-0.25, -0.2) is 0 Å². The third-order valence-corrected chi connectivity index (χ3v) is 14.3. The van der Waals surface area contributed by atoms with E-state index in [9.17, 15) is 61.0 Å². The van der Waals surface area contributed by atoms with Crippen LogP contribution in [0.2, 0.25) is 0 Å². The van der Waals surface area contributed by atoms with Crippen LogP contribution in [0.5, 0.6) is 0 Å². The second-order valence-corrected chi connectivity index (χ2v) is 21.0. The Morgan fingerprint density at radius 2 is 0.817 bits per heavy atom. The molecule has 17 unspecified atom stereocenters. The molecule has 0 saturated carbocycles. The maximum atomic E-state index is 13.3. The van der Waals surface area contributed by atoms with Gasteiger partial charge in [0.25, 0.3) is 0 Å². The molecule has 468 valence electrons. The molecule has 17 atom stereocenters. The molecule has 19 heteroatoms. The Morgan fingerprint density at radius 3 is 1.32 bits per heavy atom. The van der Waals surface area contributed by atoms with Crippen LogP contribution in [0, 0.1) is 0 Å². The molecule has 3 saturated heterocycles. The summed E-state index contributed by atoms with van der Waals surface area (Å²) in [6.45, 7) is 1.40. The van der Waals surface area contributed by atoms with Crippen molar-refractivity contribution >= 4 is 5.91 Å². The van der Waals surface area contributed by atoms with Crippen LogP contribution in [0.1, 0.15) is 149 Å². The van der Waals surface area contributed by atoms with E-state index in [1.54, 1.807) is 12.2 Å². The van der Waals surface area contributed by atoms with E-state index in [-0.39, 0.29) is 18.9 Å². The van der Waals surface area contributed by atoms with Gasteiger partial charge in [0.05, 0.1) is 38.6 Å². The number of carbonyl (C=O) groups excluding carboxylic acids is 1. The van der Waals surface area contributed by atoms with E-state index in [1.165, 1.54) is 6.42 Å². The number of hydrogen-bond donors (Lipinski definition) is 12. The first kappa shape index (κ1) is 72.7. The van der Waals surface area contributed by atoms with E-state index in [4.69, 9.17) is 28.4 Å². The first-order valence-corrected chi connectivity index (χ1v) is 30.1. The predicted molar refractivity (Wildman–Crippen MR) is 313 cm³/mol. The molecule has 0 aromatic carbocycles. The topological polar surface area (TPSA) is 307 Å². The third-order valence-electron chi connectivity index (χ3n) is 14.3. The molecule has 12 N–H and O–H groups in total. The fourth-order valence-corrected chi connectivity index (χ4v) is 9.41. The SMILES string of the molecule is CC/C=C\C/C=C\C/C=C\C/C=C\C/C=C\C/C=C\CCCCCCCCCCC(=O)NC(COC1OC(CO)C(OC2OC(CO)C(OC3OC(CO)C(O)C(O)C3O)C(O)C2O)C(O)C1O)C(O)/C=C/CC/C=C/CC/C=C/CC. The van der Waals surface area contributed by atoms with Gasteiger partial charge in [-0.05, 0) is 89.9 Å². The van der Waals surface area contributed by atoms with Gasteiger partial charge in [0.1, 0.15) is 73.2 Å². The number of allylic oxidation sites excluding steroid dienone is 17. The normalized spacial score (nSPS) is 30.4. The molecular formula is C63H103NO18. The monoisotopic (exact) mass is 1160 g/mol. The fourth-order valence-electron chi connectivity index (χ4n) is 9.41. The molecule has 0 spiro atoms. The first-order valence-electron chi connectivity index (χ1n) is 30.1. The molecule has 19 nitrogen and oxygen atoms in total. The molecule has 3 rings (SSSR count). The van der Waals surface area contributed by atoms with Crippen LogP contribution in [0.4, 0.5) is 0 Å². The summed E-state index contributed by atoms with van der Waals surface area (Å²) in [6, 6.07) is -1.01. The summed E-state index contributed by atoms with van der Waals surface area (Å²) < 4.78 is 34.1. The second-order valence-electron chi connectivity index (χ2n) is 21.0. The van der Waals surface area contributed by atoms with Crippen LogP contribution in [-0.4, -0.2) is 193 Å². The molecule has 0 bridgehead atoms. The van der Waals surface area contributed by atoms with E-state index >= 15 is 0 Å². The molecule has 3 aliphatic heterocycles. The van der Waals surface area contributed by atoms with Crippen molar-refractivity contribution in [2.24, 2.45) is 0 Å². The van der Waals surface area contributed by atoms with Gasteiger partial charge < -0.3 is 89.9 Å². The zero-order valence-electron chi connectivity index (χ0n) is 48.7. The first-order chi connectivity index (χ1) is 39.8. The van der Waals surface area contributed by atoms with Crippen LogP contribution >= 0.6 is 0 Å². The molecule has 0 radical (unpaired) electrons. The highest BCUT2D eigenvalue weighted by atomic mass is 16.8. The van der Waals surface area contributed by atoms with Crippen molar-refractivity contribution in [3.8, 4) is 0 Å². The average Bonchev–Trinajstić information content (AvgIpc) is 3.64. The number of aliphatic hydroxyl groups excluding tert-OH is 11. The lowest BCUT2D eigenvalue weighted by molar-refractivity contribution is -0.379. The second kappa shape index (κ2) is 44.9. The van der Waals surface area contributed by atoms with Gasteiger partial charge in [0.2, 0.25) is 5.91 Å². The van der Waals surface area contributed by atoms with Gasteiger partial charge in [0.15, 0.2) is 18.9 Å². The number of ether oxygens (including phenoxy) is 6. The van der Waals surface area contributed by atoms with Gasteiger partial charge in [-0.15, -0.1) is 0 Å². The highest BCUT2D eigenvalue weighted by molar-refractivity contribution is 5.76. The largest absolute Gasteiger partial charge is 0.394 e. The van der Waals surface area contributed by atoms with E-state index in [0.717, 1.165) is 109 Å². The van der Waals surface area contributed by atoms with Crippen LogP contribution in [0.15, 0.2) is 109 Å². The van der Waals surface area contributed by atoms with Gasteiger partial charge in [-0.3, -0.25) is 4.79 Å². The number of carbonyl (C=O) groups is 1. The molecular weight excluding hydrogens is 1060 g/mol. The summed E-state index contributed by atoms with van der Waals surface area (Å²) in [7, 11) is 0. The van der Waals surface area contributed by atoms with Crippen molar-refractivity contribution in [3.05, 3.63) is 109 Å². The number of nitrogens with one attached hydrogen (secondary N) is 1. The fraction of sp³-hybridized carbons (Fsp3) is 0.698. The quantitative estimate of drug-likeness (QED) is 0.0264. The summed E-state index contributed by atoms with van der Waals surface area (Å²) in [5.41, 5.74) is 0. The Labute approximate surface area is 487 Å². The van der Waals surface area contributed by atoms with Crippen LogP contribution in [0.3, 0.4) is 0 Å². The van der Waals surface area contributed by atoms with Crippen molar-refractivity contribution < 1.29 is 89.4 Å². The number of hydrogen-bond acceptors (Lipinski definition) is 18. The van der Waals surface area contributed by atoms with E-state index in [0.29, 0.717) is 12.8 Å². The van der Waals surface area contributed by atoms with Crippen molar-refractivity contribution in [1.29, 1.82) is 0 Å². The maximum absolute atomic E-state index is 13.3. The number of amides is 1. The number of unbranched alkanes of at least 4 members (excludes halogenated alkanes) is 10. The average molecular weight is 1160 g/mol. The zero-order chi connectivity index (χ0) is 59.7. The molecule has 1 amide bonds. The summed E-state index contributed by atoms with van der Waals surface area (Å²) >= 11 is 0. The Balaban J connectivity index is 1.44.